The molecular weight excluding hydrogens is 496 g/mol. The fourth-order valence-electron chi connectivity index (χ4n) is 3.64. The molecule has 0 aromatic heterocycles. The number of amides is 3. The molecule has 13 heteroatoms. The zero-order valence-corrected chi connectivity index (χ0v) is 18.7. The van der Waals surface area contributed by atoms with Gasteiger partial charge in [-0.15, -0.1) is 0 Å². The molecule has 194 valence electrons. The number of aliphatic hydroxyl groups is 1. The molecule has 3 amide bonds. The number of hydrogen-bond donors (Lipinski definition) is 3. The lowest BCUT2D eigenvalue weighted by Crippen LogP contribution is -2.57. The van der Waals surface area contributed by atoms with Crippen molar-refractivity contribution in [2.75, 3.05) is 24.6 Å². The zero-order valence-electron chi connectivity index (χ0n) is 18.7. The molecule has 3 rings (SSSR count). The summed E-state index contributed by atoms with van der Waals surface area (Å²) < 4.78 is 78.4. The highest BCUT2D eigenvalue weighted by molar-refractivity contribution is 6.11. The fraction of sp³-hybridized carbons (Fsp3) is 0.348. The Balaban J connectivity index is 1.92. The van der Waals surface area contributed by atoms with E-state index in [0.29, 0.717) is 23.7 Å². The highest BCUT2D eigenvalue weighted by Gasteiger charge is 2.58. The van der Waals surface area contributed by atoms with Crippen LogP contribution in [0.25, 0.3) is 11.1 Å². The maximum Gasteiger partial charge on any atom is 0.455 e. The van der Waals surface area contributed by atoms with Gasteiger partial charge in [0.25, 0.3) is 23.4 Å². The first-order chi connectivity index (χ1) is 16.7. The highest BCUT2D eigenvalue weighted by Crippen LogP contribution is 2.40. The number of halogens is 6. The summed E-state index contributed by atoms with van der Waals surface area (Å²) in [7, 11) is 0. The van der Waals surface area contributed by atoms with Gasteiger partial charge in [-0.25, -0.2) is 4.39 Å². The van der Waals surface area contributed by atoms with E-state index in [1.807, 2.05) is 0 Å². The van der Waals surface area contributed by atoms with Gasteiger partial charge in [0.1, 0.15) is 6.04 Å². The van der Waals surface area contributed by atoms with Crippen LogP contribution in [0.2, 0.25) is 0 Å². The topological polar surface area (TPSA) is 98.7 Å². The first-order valence-electron chi connectivity index (χ1n) is 10.6. The van der Waals surface area contributed by atoms with Crippen molar-refractivity contribution in [1.29, 1.82) is 0 Å². The summed E-state index contributed by atoms with van der Waals surface area (Å²) >= 11 is 0. The van der Waals surface area contributed by atoms with Gasteiger partial charge in [0.15, 0.2) is 0 Å². The zero-order chi connectivity index (χ0) is 26.9. The van der Waals surface area contributed by atoms with Gasteiger partial charge in [-0.05, 0) is 24.1 Å². The minimum absolute atomic E-state index is 0.198. The van der Waals surface area contributed by atoms with Crippen LogP contribution in [-0.2, 0) is 14.4 Å². The number of carbonyl (C=O) groups is 3. The Morgan fingerprint density at radius 1 is 0.944 bits per heavy atom. The Hall–Kier alpha value is -3.61. The van der Waals surface area contributed by atoms with E-state index in [4.69, 9.17) is 0 Å². The maximum absolute atomic E-state index is 15.1. The number of nitrogens with zero attached hydrogens (tertiary/aromatic N) is 1. The van der Waals surface area contributed by atoms with E-state index in [0.717, 1.165) is 10.2 Å². The van der Waals surface area contributed by atoms with Crippen LogP contribution in [0, 0.1) is 0 Å². The fourth-order valence-corrected chi connectivity index (χ4v) is 3.64. The number of fused-ring (bicyclic) bond motifs is 3. The van der Waals surface area contributed by atoms with Crippen molar-refractivity contribution in [2.45, 2.75) is 30.7 Å². The molecule has 1 heterocycles. The average molecular weight is 517 g/mol. The van der Waals surface area contributed by atoms with Gasteiger partial charge < -0.3 is 20.6 Å². The van der Waals surface area contributed by atoms with Crippen LogP contribution in [0.1, 0.15) is 18.5 Å². The van der Waals surface area contributed by atoms with Gasteiger partial charge in [0, 0.05) is 12.1 Å². The van der Waals surface area contributed by atoms with Crippen LogP contribution in [0.4, 0.5) is 32.0 Å². The number of benzene rings is 2. The summed E-state index contributed by atoms with van der Waals surface area (Å²) in [4.78, 5) is 39.4. The van der Waals surface area contributed by atoms with Crippen molar-refractivity contribution in [3.63, 3.8) is 0 Å². The van der Waals surface area contributed by atoms with Gasteiger partial charge in [-0.1, -0.05) is 42.5 Å². The number of alkyl halides is 6. The smallest absolute Gasteiger partial charge is 0.395 e. The Morgan fingerprint density at radius 3 is 2.14 bits per heavy atom. The molecule has 0 aliphatic carbocycles. The van der Waals surface area contributed by atoms with Gasteiger partial charge in [0.05, 0.1) is 18.8 Å². The lowest BCUT2D eigenvalue weighted by Gasteiger charge is -2.28. The Morgan fingerprint density at radius 2 is 1.53 bits per heavy atom. The lowest BCUT2D eigenvalue weighted by molar-refractivity contribution is -0.278. The number of para-hydroxylation sites is 1. The monoisotopic (exact) mass is 517 g/mol. The molecule has 0 fully saturated rings. The third-order valence-corrected chi connectivity index (χ3v) is 5.61. The Labute approximate surface area is 201 Å². The number of anilines is 1. The minimum Gasteiger partial charge on any atom is -0.395 e. The third kappa shape index (κ3) is 5.01. The highest BCUT2D eigenvalue weighted by atomic mass is 19.4. The van der Waals surface area contributed by atoms with Crippen molar-refractivity contribution < 1.29 is 45.8 Å². The van der Waals surface area contributed by atoms with E-state index in [-0.39, 0.29) is 12.1 Å². The Kier molecular flexibility index (Phi) is 7.35. The van der Waals surface area contributed by atoms with E-state index >= 15 is 4.39 Å². The normalized spacial score (nSPS) is 17.4. The first kappa shape index (κ1) is 27.0. The van der Waals surface area contributed by atoms with Crippen molar-refractivity contribution in [2.24, 2.45) is 0 Å². The number of hydrogen-bond acceptors (Lipinski definition) is 4. The minimum atomic E-state index is -6.00. The van der Waals surface area contributed by atoms with Crippen LogP contribution in [0.15, 0.2) is 48.5 Å². The van der Waals surface area contributed by atoms with Crippen molar-refractivity contribution in [3.05, 3.63) is 54.1 Å². The number of rotatable bonds is 7. The van der Waals surface area contributed by atoms with Crippen LogP contribution in [0.3, 0.4) is 0 Å². The lowest BCUT2D eigenvalue weighted by atomic mass is 9.94. The van der Waals surface area contributed by atoms with Gasteiger partial charge in [-0.3, -0.25) is 14.4 Å². The molecule has 0 saturated heterocycles. The molecule has 36 heavy (non-hydrogen) atoms. The molecule has 7 nitrogen and oxygen atoms in total. The summed E-state index contributed by atoms with van der Waals surface area (Å²) in [6, 6.07) is 11.3. The second kappa shape index (κ2) is 9.80. The molecule has 2 aromatic carbocycles. The molecule has 1 unspecified atom stereocenters. The molecule has 3 N–H and O–H groups in total. The van der Waals surface area contributed by atoms with E-state index in [2.05, 4.69) is 5.32 Å². The van der Waals surface area contributed by atoms with Crippen molar-refractivity contribution in [3.8, 4) is 11.1 Å². The molecule has 0 radical (unpaired) electrons. The molecule has 0 bridgehead atoms. The molecule has 2 aromatic rings. The van der Waals surface area contributed by atoms with Gasteiger partial charge in [0.2, 0.25) is 0 Å². The average Bonchev–Trinajstić information content (AvgIpc) is 2.91. The number of β-amino-alcohol motifs (C(OH)–C–C–N with tert-alkyl or cyclic N) is 1. The second-order valence-corrected chi connectivity index (χ2v) is 8.11. The molecule has 1 aliphatic heterocycles. The summed E-state index contributed by atoms with van der Waals surface area (Å²) in [6.07, 6.45) is -6.00. The largest absolute Gasteiger partial charge is 0.455 e. The first-order valence-corrected chi connectivity index (χ1v) is 10.6. The Bertz CT molecular complexity index is 1170. The standard InChI is InChI=1S/C23H21F6N3O4/c1-21(24,19(35)30-12-22(25,26)23(27,28)29)20(36)31-17-15-8-3-2-6-13(15)14-7-4-5-9-16(14)32(10-11-33)18(17)34/h2-9,17,33H,10-12H2,1H3,(H,30,35)(H,31,36)/t17-,21?/m0/s1. The summed E-state index contributed by atoms with van der Waals surface area (Å²) in [5.41, 5.74) is -1.99. The summed E-state index contributed by atoms with van der Waals surface area (Å²) in [6.45, 7) is -2.58. The second-order valence-electron chi connectivity index (χ2n) is 8.11. The third-order valence-electron chi connectivity index (χ3n) is 5.61. The van der Waals surface area contributed by atoms with Gasteiger partial charge in [-0.2, -0.15) is 22.0 Å². The molecule has 2 atom stereocenters. The molecular formula is C23H21F6N3O4. The molecule has 0 spiro atoms. The van der Waals surface area contributed by atoms with Crippen LogP contribution in [0.5, 0.6) is 0 Å². The van der Waals surface area contributed by atoms with Crippen molar-refractivity contribution >= 4 is 23.4 Å². The number of nitrogens with one attached hydrogen (secondary N) is 2. The van der Waals surface area contributed by atoms with E-state index in [1.165, 1.54) is 12.1 Å². The van der Waals surface area contributed by atoms with Gasteiger partial charge >= 0.3 is 12.1 Å². The van der Waals surface area contributed by atoms with Crippen LogP contribution in [-0.4, -0.2) is 60.3 Å². The predicted octanol–water partition coefficient (Wildman–Crippen LogP) is 2.89. The van der Waals surface area contributed by atoms with E-state index < -0.39 is 54.7 Å². The molecule has 1 aliphatic rings. The van der Waals surface area contributed by atoms with Crippen LogP contribution < -0.4 is 15.5 Å². The molecule has 0 saturated carbocycles. The van der Waals surface area contributed by atoms with E-state index in [9.17, 15) is 41.4 Å². The van der Waals surface area contributed by atoms with Crippen LogP contribution >= 0.6 is 0 Å². The quantitative estimate of drug-likeness (QED) is 0.389. The maximum atomic E-state index is 15.1. The van der Waals surface area contributed by atoms with E-state index in [1.54, 1.807) is 36.4 Å². The van der Waals surface area contributed by atoms with Crippen molar-refractivity contribution in [1.82, 2.24) is 10.6 Å². The SMILES string of the molecule is CC(F)(C(=O)NCC(F)(F)C(F)(F)F)C(=O)N[C@@H]1C(=O)N(CCO)c2ccccc2-c2ccccc21. The summed E-state index contributed by atoms with van der Waals surface area (Å²) in [5.74, 6) is -9.94. The number of carbonyl (C=O) groups excluding carboxylic acids is 3. The number of aliphatic hydroxyl groups excluding tert-OH is 1. The summed E-state index contributed by atoms with van der Waals surface area (Å²) in [5, 5.41) is 12.7. The predicted molar refractivity (Wildman–Crippen MR) is 116 cm³/mol.